The lowest BCUT2D eigenvalue weighted by molar-refractivity contribution is -0.384. The Labute approximate surface area is 201 Å². The smallest absolute Gasteiger partial charge is 0.269 e. The van der Waals surface area contributed by atoms with E-state index in [0.29, 0.717) is 35.0 Å². The summed E-state index contributed by atoms with van der Waals surface area (Å²) in [6, 6.07) is 17.9. The molecular weight excluding hydrogens is 458 g/mol. The van der Waals surface area contributed by atoms with E-state index in [1.54, 1.807) is 29.2 Å². The second-order valence-corrected chi connectivity index (χ2v) is 8.29. The van der Waals surface area contributed by atoms with Crippen molar-refractivity contribution in [1.29, 1.82) is 0 Å². The number of hydrogen-bond donors (Lipinski definition) is 1. The van der Waals surface area contributed by atoms with Crippen molar-refractivity contribution < 1.29 is 19.2 Å². The predicted octanol–water partition coefficient (Wildman–Crippen LogP) is 5.20. The first kappa shape index (κ1) is 23.3. The molecule has 0 aliphatic carbocycles. The number of nitro benzene ring substituents is 1. The molecule has 34 heavy (non-hydrogen) atoms. The number of carbonyl (C=O) groups excluding carboxylic acids is 2. The Kier molecular flexibility index (Phi) is 6.79. The van der Waals surface area contributed by atoms with Crippen LogP contribution in [0, 0.1) is 10.1 Å². The molecule has 2 amide bonds. The SMILES string of the molecule is CCC1Oc2ccc(NC(=O)c3ccc([N+](=O)[O-])cc3)cc2CN(Cc2ccccc2Cl)C1=O. The summed E-state index contributed by atoms with van der Waals surface area (Å²) in [5.74, 6) is 0.0464. The van der Waals surface area contributed by atoms with E-state index in [1.165, 1.54) is 24.3 Å². The van der Waals surface area contributed by atoms with Crippen molar-refractivity contribution in [2.45, 2.75) is 32.5 Å². The first-order valence-corrected chi connectivity index (χ1v) is 11.1. The summed E-state index contributed by atoms with van der Waals surface area (Å²) < 4.78 is 6.00. The third-order valence-corrected chi connectivity index (χ3v) is 5.93. The van der Waals surface area contributed by atoms with Gasteiger partial charge >= 0.3 is 0 Å². The van der Waals surface area contributed by atoms with Gasteiger partial charge in [-0.15, -0.1) is 0 Å². The highest BCUT2D eigenvalue weighted by atomic mass is 35.5. The number of nitro groups is 1. The van der Waals surface area contributed by atoms with E-state index in [0.717, 1.165) is 11.1 Å². The first-order chi connectivity index (χ1) is 16.4. The fourth-order valence-electron chi connectivity index (χ4n) is 3.75. The molecule has 1 atom stereocenters. The van der Waals surface area contributed by atoms with Crippen LogP contribution in [0.15, 0.2) is 66.7 Å². The number of anilines is 1. The Morgan fingerprint density at radius 3 is 2.59 bits per heavy atom. The van der Waals surface area contributed by atoms with Crippen molar-refractivity contribution in [1.82, 2.24) is 4.90 Å². The summed E-state index contributed by atoms with van der Waals surface area (Å²) in [4.78, 5) is 37.8. The number of nitrogens with zero attached hydrogens (tertiary/aromatic N) is 2. The number of non-ortho nitro benzene ring substituents is 1. The van der Waals surface area contributed by atoms with Gasteiger partial charge < -0.3 is 15.0 Å². The Hall–Kier alpha value is -3.91. The molecule has 1 N–H and O–H groups in total. The molecule has 1 aliphatic rings. The molecule has 0 saturated carbocycles. The zero-order valence-electron chi connectivity index (χ0n) is 18.4. The average Bonchev–Trinajstić information content (AvgIpc) is 2.96. The fourth-order valence-corrected chi connectivity index (χ4v) is 3.94. The van der Waals surface area contributed by atoms with Gasteiger partial charge in [-0.05, 0) is 48.4 Å². The van der Waals surface area contributed by atoms with Crippen LogP contribution in [0.4, 0.5) is 11.4 Å². The highest BCUT2D eigenvalue weighted by Crippen LogP contribution is 2.31. The molecule has 0 spiro atoms. The highest BCUT2D eigenvalue weighted by Gasteiger charge is 2.30. The van der Waals surface area contributed by atoms with E-state index in [2.05, 4.69) is 5.32 Å². The number of ether oxygens (including phenoxy) is 1. The Morgan fingerprint density at radius 1 is 1.18 bits per heavy atom. The quantitative estimate of drug-likeness (QED) is 0.386. The number of hydrogen-bond acceptors (Lipinski definition) is 5. The molecule has 8 nitrogen and oxygen atoms in total. The normalized spacial score (nSPS) is 15.2. The minimum Gasteiger partial charge on any atom is -0.480 e. The number of amides is 2. The number of rotatable bonds is 6. The summed E-state index contributed by atoms with van der Waals surface area (Å²) in [6.07, 6.45) is -0.111. The molecule has 174 valence electrons. The maximum Gasteiger partial charge on any atom is 0.269 e. The third kappa shape index (κ3) is 5.02. The lowest BCUT2D eigenvalue weighted by Crippen LogP contribution is -2.38. The molecule has 3 aromatic carbocycles. The Morgan fingerprint density at radius 2 is 1.91 bits per heavy atom. The number of carbonyl (C=O) groups is 2. The van der Waals surface area contributed by atoms with Crippen LogP contribution in [0.1, 0.15) is 34.8 Å². The average molecular weight is 480 g/mol. The van der Waals surface area contributed by atoms with Crippen LogP contribution in [-0.4, -0.2) is 27.7 Å². The van der Waals surface area contributed by atoms with Gasteiger partial charge in [0.15, 0.2) is 6.10 Å². The molecule has 1 aliphatic heterocycles. The van der Waals surface area contributed by atoms with E-state index in [1.807, 2.05) is 25.1 Å². The monoisotopic (exact) mass is 479 g/mol. The van der Waals surface area contributed by atoms with Gasteiger partial charge in [-0.2, -0.15) is 0 Å². The summed E-state index contributed by atoms with van der Waals surface area (Å²) in [6.45, 7) is 2.51. The molecule has 0 aromatic heterocycles. The van der Waals surface area contributed by atoms with Gasteiger partial charge in [0.1, 0.15) is 5.75 Å². The van der Waals surface area contributed by atoms with Crippen LogP contribution in [-0.2, 0) is 17.9 Å². The van der Waals surface area contributed by atoms with Gasteiger partial charge in [0, 0.05) is 47.1 Å². The summed E-state index contributed by atoms with van der Waals surface area (Å²) >= 11 is 6.32. The molecule has 0 fully saturated rings. The van der Waals surface area contributed by atoms with Gasteiger partial charge in [0.05, 0.1) is 4.92 Å². The summed E-state index contributed by atoms with van der Waals surface area (Å²) in [7, 11) is 0. The lowest BCUT2D eigenvalue weighted by atomic mass is 10.1. The van der Waals surface area contributed by atoms with Gasteiger partial charge in [0.2, 0.25) is 0 Å². The van der Waals surface area contributed by atoms with Gasteiger partial charge in [-0.3, -0.25) is 19.7 Å². The molecule has 4 rings (SSSR count). The number of fused-ring (bicyclic) bond motifs is 1. The second-order valence-electron chi connectivity index (χ2n) is 7.88. The maximum absolute atomic E-state index is 13.1. The topological polar surface area (TPSA) is 102 Å². The number of benzene rings is 3. The van der Waals surface area contributed by atoms with Crippen molar-refractivity contribution in [2.75, 3.05) is 5.32 Å². The van der Waals surface area contributed by atoms with E-state index in [-0.39, 0.29) is 18.1 Å². The highest BCUT2D eigenvalue weighted by molar-refractivity contribution is 6.31. The van der Waals surface area contributed by atoms with Crippen molar-refractivity contribution >= 4 is 34.8 Å². The van der Waals surface area contributed by atoms with E-state index >= 15 is 0 Å². The fraction of sp³-hybridized carbons (Fsp3) is 0.200. The summed E-state index contributed by atoms with van der Waals surface area (Å²) in [5.41, 5.74) is 2.30. The zero-order valence-corrected chi connectivity index (χ0v) is 19.1. The Balaban J connectivity index is 1.57. The first-order valence-electron chi connectivity index (χ1n) is 10.7. The van der Waals surface area contributed by atoms with Crippen LogP contribution in [0.3, 0.4) is 0 Å². The van der Waals surface area contributed by atoms with Crippen molar-refractivity contribution in [3.8, 4) is 5.75 Å². The van der Waals surface area contributed by atoms with Crippen molar-refractivity contribution in [3.05, 3.63) is 98.6 Å². The minimum atomic E-state index is -0.621. The van der Waals surface area contributed by atoms with E-state index in [9.17, 15) is 19.7 Å². The number of nitrogens with one attached hydrogen (secondary N) is 1. The van der Waals surface area contributed by atoms with Crippen molar-refractivity contribution in [3.63, 3.8) is 0 Å². The molecule has 1 heterocycles. The molecule has 3 aromatic rings. The van der Waals surface area contributed by atoms with Crippen LogP contribution in [0.5, 0.6) is 5.75 Å². The largest absolute Gasteiger partial charge is 0.480 e. The molecule has 1 unspecified atom stereocenters. The van der Waals surface area contributed by atoms with Crippen LogP contribution in [0.2, 0.25) is 5.02 Å². The predicted molar refractivity (Wildman–Crippen MR) is 128 cm³/mol. The van der Waals surface area contributed by atoms with E-state index < -0.39 is 16.9 Å². The van der Waals surface area contributed by atoms with Crippen LogP contribution in [0.25, 0.3) is 0 Å². The van der Waals surface area contributed by atoms with Crippen molar-refractivity contribution in [2.24, 2.45) is 0 Å². The van der Waals surface area contributed by atoms with E-state index in [4.69, 9.17) is 16.3 Å². The van der Waals surface area contributed by atoms with Gasteiger partial charge in [0.25, 0.3) is 17.5 Å². The lowest BCUT2D eigenvalue weighted by Gasteiger charge is -2.23. The molecule has 0 radical (unpaired) electrons. The summed E-state index contributed by atoms with van der Waals surface area (Å²) in [5, 5.41) is 14.2. The van der Waals surface area contributed by atoms with Gasteiger partial charge in [-0.1, -0.05) is 36.7 Å². The standard InChI is InChI=1S/C25H22ClN3O5/c1-2-22-25(31)28(14-17-5-3-4-6-21(17)26)15-18-13-19(9-12-23(18)34-22)27-24(30)16-7-10-20(11-8-16)29(32)33/h3-13,22H,2,14-15H2,1H3,(H,27,30). The minimum absolute atomic E-state index is 0.0903. The Bertz CT molecular complexity index is 1250. The van der Waals surface area contributed by atoms with Gasteiger partial charge in [-0.25, -0.2) is 0 Å². The zero-order chi connectivity index (χ0) is 24.2. The van der Waals surface area contributed by atoms with Crippen LogP contribution < -0.4 is 10.1 Å². The molecule has 0 saturated heterocycles. The molecular formula is C25H22ClN3O5. The maximum atomic E-state index is 13.1. The van der Waals surface area contributed by atoms with Crippen LogP contribution >= 0.6 is 11.6 Å². The number of halogens is 1. The third-order valence-electron chi connectivity index (χ3n) is 5.57. The molecule has 9 heteroatoms. The second kappa shape index (κ2) is 9.93. The molecule has 0 bridgehead atoms.